The van der Waals surface area contributed by atoms with Gasteiger partial charge in [-0.15, -0.1) is 0 Å². The van der Waals surface area contributed by atoms with Crippen LogP contribution < -0.4 is 22.0 Å². The second-order valence-electron chi connectivity index (χ2n) is 4.61. The van der Waals surface area contributed by atoms with Gasteiger partial charge in [0, 0.05) is 13.1 Å². The molecule has 0 saturated carbocycles. The molecule has 0 bridgehead atoms. The van der Waals surface area contributed by atoms with Crippen molar-refractivity contribution in [1.29, 1.82) is 0 Å². The van der Waals surface area contributed by atoms with E-state index >= 15 is 0 Å². The maximum absolute atomic E-state index is 12.1. The molecule has 2 amide bonds. The highest BCUT2D eigenvalue weighted by molar-refractivity contribution is 7.45. The summed E-state index contributed by atoms with van der Waals surface area (Å²) in [7, 11) is -2.64. The average molecular weight is 291 g/mol. The summed E-state index contributed by atoms with van der Waals surface area (Å²) in [6, 6.07) is 0. The highest BCUT2D eigenvalue weighted by atomic mass is 31.1. The zero-order chi connectivity index (χ0) is 14.5. The van der Waals surface area contributed by atoms with Crippen LogP contribution in [0.25, 0.3) is 0 Å². The van der Waals surface area contributed by atoms with E-state index in [-0.39, 0.29) is 12.5 Å². The van der Waals surface area contributed by atoms with E-state index in [0.29, 0.717) is 25.9 Å². The van der Waals surface area contributed by atoms with Crippen LogP contribution in [0.5, 0.6) is 0 Å². The lowest BCUT2D eigenvalue weighted by Gasteiger charge is -2.36. The molecule has 1 rings (SSSR count). The Morgan fingerprint density at radius 2 is 2.26 bits per heavy atom. The minimum Gasteiger partial charge on any atom is -0.355 e. The fraction of sp³-hybridized carbons (Fsp3) is 0.800. The molecule has 1 heterocycles. The zero-order valence-electron chi connectivity index (χ0n) is 11.1. The van der Waals surface area contributed by atoms with E-state index in [1.165, 1.54) is 0 Å². The first-order valence-electron chi connectivity index (χ1n) is 6.32. The van der Waals surface area contributed by atoms with E-state index in [1.54, 1.807) is 0 Å². The number of piperidine rings is 1. The number of carbonyl (C=O) groups excluding carboxylic acids is 2. The summed E-state index contributed by atoms with van der Waals surface area (Å²) in [5.74, 6) is 4.68. The Kier molecular flexibility index (Phi) is 5.93. The summed E-state index contributed by atoms with van der Waals surface area (Å²) >= 11 is 0. The molecule has 1 fully saturated rings. The minimum absolute atomic E-state index is 0.116. The molecule has 1 saturated heterocycles. The van der Waals surface area contributed by atoms with Crippen LogP contribution in [0.15, 0.2) is 0 Å². The topological polar surface area (TPSA) is 131 Å². The molecule has 0 aromatic heterocycles. The van der Waals surface area contributed by atoms with Crippen LogP contribution in [-0.4, -0.2) is 41.7 Å². The molecule has 6 N–H and O–H groups in total. The zero-order valence-corrected chi connectivity index (χ0v) is 12.1. The molecule has 110 valence electrons. The van der Waals surface area contributed by atoms with Crippen LogP contribution in [0.3, 0.4) is 0 Å². The molecule has 1 aliphatic rings. The molecule has 19 heavy (non-hydrogen) atoms. The van der Waals surface area contributed by atoms with Gasteiger partial charge >= 0.3 is 0 Å². The first-order valence-corrected chi connectivity index (χ1v) is 7.73. The Hall–Kier alpha value is -0.950. The van der Waals surface area contributed by atoms with Gasteiger partial charge in [-0.3, -0.25) is 19.7 Å². The molecule has 0 aromatic carbocycles. The van der Waals surface area contributed by atoms with E-state index in [1.807, 2.05) is 6.92 Å². The predicted octanol–water partition coefficient (Wildman–Crippen LogP) is -1.27. The normalized spacial score (nSPS) is 25.2. The summed E-state index contributed by atoms with van der Waals surface area (Å²) in [6.07, 6.45) is 1.72. The van der Waals surface area contributed by atoms with Crippen LogP contribution in [0.4, 0.5) is 0 Å². The number of nitrogens with two attached hydrogens (primary N) is 2. The fourth-order valence-electron chi connectivity index (χ4n) is 1.85. The Bertz CT molecular complexity index is 378. The van der Waals surface area contributed by atoms with Crippen LogP contribution in [0, 0.1) is 0 Å². The minimum atomic E-state index is -2.64. The quantitative estimate of drug-likeness (QED) is 0.274. The maximum Gasteiger partial charge on any atom is 0.265 e. The summed E-state index contributed by atoms with van der Waals surface area (Å²) in [4.78, 5) is 23.2. The first-order chi connectivity index (χ1) is 8.91. The van der Waals surface area contributed by atoms with Crippen molar-refractivity contribution in [3.63, 3.8) is 0 Å². The van der Waals surface area contributed by atoms with E-state index < -0.39 is 19.1 Å². The summed E-state index contributed by atoms with van der Waals surface area (Å²) in [5.41, 5.74) is 5.89. The highest BCUT2D eigenvalue weighted by Crippen LogP contribution is 2.38. The second kappa shape index (κ2) is 7.00. The predicted molar refractivity (Wildman–Crippen MR) is 72.4 cm³/mol. The van der Waals surface area contributed by atoms with Gasteiger partial charge in [0.1, 0.15) is 0 Å². The third kappa shape index (κ3) is 4.01. The van der Waals surface area contributed by atoms with Gasteiger partial charge in [0.05, 0.1) is 6.54 Å². The molecule has 0 aliphatic carbocycles. The van der Waals surface area contributed by atoms with Gasteiger partial charge in [-0.2, -0.15) is 0 Å². The van der Waals surface area contributed by atoms with Crippen LogP contribution in [0.1, 0.15) is 26.2 Å². The van der Waals surface area contributed by atoms with Gasteiger partial charge in [-0.05, 0) is 19.3 Å². The Balaban J connectivity index is 2.52. The number of nitrogens with one attached hydrogen (secondary N) is 2. The molecule has 1 aliphatic heterocycles. The van der Waals surface area contributed by atoms with E-state index in [9.17, 15) is 14.2 Å². The number of hydrogen-bond acceptors (Lipinski definition) is 5. The largest absolute Gasteiger partial charge is 0.355 e. The van der Waals surface area contributed by atoms with Crippen molar-refractivity contribution < 1.29 is 14.2 Å². The highest BCUT2D eigenvalue weighted by Gasteiger charge is 2.44. The van der Waals surface area contributed by atoms with Gasteiger partial charge < -0.3 is 15.6 Å². The fourth-order valence-corrected chi connectivity index (χ4v) is 3.23. The maximum atomic E-state index is 12.1. The molecule has 2 atom stereocenters. The second-order valence-corrected chi connectivity index (χ2v) is 6.51. The van der Waals surface area contributed by atoms with Crippen molar-refractivity contribution in [2.45, 2.75) is 31.5 Å². The molecule has 0 radical (unpaired) electrons. The van der Waals surface area contributed by atoms with E-state index in [2.05, 4.69) is 10.4 Å². The lowest BCUT2D eigenvalue weighted by atomic mass is 10.1. The summed E-state index contributed by atoms with van der Waals surface area (Å²) in [6.45, 7) is 2.78. The number of carbonyl (C=O) groups is 2. The molecule has 0 aromatic rings. The van der Waals surface area contributed by atoms with Crippen molar-refractivity contribution in [1.82, 2.24) is 15.4 Å². The van der Waals surface area contributed by atoms with E-state index in [4.69, 9.17) is 11.6 Å². The molecule has 1 unspecified atom stereocenters. The lowest BCUT2D eigenvalue weighted by Crippen LogP contribution is -2.60. The molecule has 8 nitrogen and oxygen atoms in total. The molecule has 9 heteroatoms. The van der Waals surface area contributed by atoms with Gasteiger partial charge in [-0.1, -0.05) is 6.92 Å². The van der Waals surface area contributed by atoms with Crippen LogP contribution >= 0.6 is 7.95 Å². The van der Waals surface area contributed by atoms with Crippen LogP contribution in [0.2, 0.25) is 0 Å². The number of nitrogens with zero attached hydrogens (tertiary/aromatic N) is 1. The molecular weight excluding hydrogens is 269 g/mol. The van der Waals surface area contributed by atoms with Gasteiger partial charge in [0.15, 0.2) is 13.2 Å². The molecule has 0 spiro atoms. The number of hydrazine groups is 1. The molecular formula is C10H22N5O3P. The van der Waals surface area contributed by atoms with Crippen LogP contribution in [-0.2, 0) is 14.2 Å². The van der Waals surface area contributed by atoms with Gasteiger partial charge in [-0.25, -0.2) is 5.84 Å². The van der Waals surface area contributed by atoms with Crippen molar-refractivity contribution in [3.05, 3.63) is 0 Å². The summed E-state index contributed by atoms with van der Waals surface area (Å²) in [5, 5.41) is 4.70. The Morgan fingerprint density at radius 3 is 2.89 bits per heavy atom. The number of hydrogen-bond donors (Lipinski definition) is 4. The lowest BCUT2D eigenvalue weighted by molar-refractivity contribution is -0.136. The van der Waals surface area contributed by atoms with Crippen molar-refractivity contribution in [3.8, 4) is 0 Å². The SMILES string of the molecule is CCCNC(=O)CN[PH](=O)[C@@]1(N)CCCN(N)C1=O. The third-order valence-corrected chi connectivity index (χ3v) is 4.77. The van der Waals surface area contributed by atoms with E-state index in [0.717, 1.165) is 11.4 Å². The average Bonchev–Trinajstić information content (AvgIpc) is 2.39. The standard InChI is InChI=1S/C10H22N5O3P/c1-2-5-13-8(16)7-14-19(18)10(11)4-3-6-15(12)9(10)17/h19H,2-7,11-12H2,1H3,(H,13,16)(H,14,18)/t10-/m0/s1. The number of rotatable bonds is 6. The monoisotopic (exact) mass is 291 g/mol. The number of amides is 2. The smallest absolute Gasteiger partial charge is 0.265 e. The summed E-state index contributed by atoms with van der Waals surface area (Å²) < 4.78 is 12.1. The van der Waals surface area contributed by atoms with Crippen molar-refractivity contribution in [2.24, 2.45) is 11.6 Å². The van der Waals surface area contributed by atoms with Gasteiger partial charge in [0.2, 0.25) is 5.91 Å². The van der Waals surface area contributed by atoms with Crippen molar-refractivity contribution in [2.75, 3.05) is 19.6 Å². The van der Waals surface area contributed by atoms with Crippen molar-refractivity contribution >= 4 is 19.8 Å². The Labute approximate surface area is 113 Å². The first kappa shape index (κ1) is 16.1. The Morgan fingerprint density at radius 1 is 1.58 bits per heavy atom. The third-order valence-electron chi connectivity index (χ3n) is 3.00. The van der Waals surface area contributed by atoms with Gasteiger partial charge in [0.25, 0.3) is 5.91 Å².